The van der Waals surface area contributed by atoms with Gasteiger partial charge in [-0.15, -0.1) is 0 Å². The van der Waals surface area contributed by atoms with Gasteiger partial charge in [0.15, 0.2) is 0 Å². The van der Waals surface area contributed by atoms with Crippen LogP contribution in [0.1, 0.15) is 28.8 Å². The van der Waals surface area contributed by atoms with Crippen molar-refractivity contribution in [2.45, 2.75) is 35.7 Å². The Balaban J connectivity index is 1.29. The van der Waals surface area contributed by atoms with Crippen LogP contribution in [0.2, 0.25) is 0 Å². The fourth-order valence-electron chi connectivity index (χ4n) is 3.81. The van der Waals surface area contributed by atoms with Gasteiger partial charge >= 0.3 is 6.18 Å². The van der Waals surface area contributed by atoms with Crippen LogP contribution in [-0.4, -0.2) is 55.5 Å². The lowest BCUT2D eigenvalue weighted by Crippen LogP contribution is -2.42. The molecule has 1 N–H and O–H groups in total. The number of carbonyl (C=O) groups excluding carboxylic acids is 1. The molecular formula is C22H23F3N4O2S. The first kappa shape index (κ1) is 22.5. The van der Waals surface area contributed by atoms with Crippen LogP contribution < -0.4 is 5.32 Å². The van der Waals surface area contributed by atoms with Gasteiger partial charge in [0, 0.05) is 35.3 Å². The van der Waals surface area contributed by atoms with E-state index in [4.69, 9.17) is 0 Å². The minimum Gasteiger partial charge on any atom is -0.348 e. The molecule has 1 aliphatic rings. The monoisotopic (exact) mass is 464 g/mol. The molecule has 1 aromatic carbocycles. The van der Waals surface area contributed by atoms with Gasteiger partial charge in [-0.05, 0) is 55.8 Å². The van der Waals surface area contributed by atoms with Gasteiger partial charge in [-0.3, -0.25) is 13.9 Å². The standard InChI is InChI=1S/C22H23F3N4O2S/c23-22(24,25)15-28-10-7-19(8-11-28)32(31)18-4-1-16(2-5-18)13-27-21(30)17-3-6-20-26-9-12-29(20)14-17/h1-6,9,12,14,19H,7-8,10-11,13,15H2,(H,27,30). The van der Waals surface area contributed by atoms with Crippen molar-refractivity contribution in [2.24, 2.45) is 0 Å². The quantitative estimate of drug-likeness (QED) is 0.607. The number of aromatic nitrogens is 2. The Morgan fingerprint density at radius 2 is 1.84 bits per heavy atom. The average Bonchev–Trinajstić information content (AvgIpc) is 3.25. The molecule has 1 unspecified atom stereocenters. The van der Waals surface area contributed by atoms with E-state index in [1.807, 2.05) is 12.1 Å². The molecule has 0 radical (unpaired) electrons. The molecule has 6 nitrogen and oxygen atoms in total. The topological polar surface area (TPSA) is 66.7 Å². The summed E-state index contributed by atoms with van der Waals surface area (Å²) in [7, 11) is -1.27. The summed E-state index contributed by atoms with van der Waals surface area (Å²) in [4.78, 5) is 18.6. The number of imidazole rings is 1. The third kappa shape index (κ3) is 5.55. The Morgan fingerprint density at radius 3 is 2.53 bits per heavy atom. The summed E-state index contributed by atoms with van der Waals surface area (Å²) in [5.41, 5.74) is 2.14. The highest BCUT2D eigenvalue weighted by atomic mass is 32.2. The van der Waals surface area contributed by atoms with Crippen LogP contribution >= 0.6 is 0 Å². The number of benzene rings is 1. The van der Waals surface area contributed by atoms with E-state index in [9.17, 15) is 22.2 Å². The summed E-state index contributed by atoms with van der Waals surface area (Å²) in [6.07, 6.45) is 1.89. The lowest BCUT2D eigenvalue weighted by atomic mass is 10.1. The van der Waals surface area contributed by atoms with Gasteiger partial charge in [-0.25, -0.2) is 4.98 Å². The number of piperidine rings is 1. The molecule has 1 aliphatic heterocycles. The first-order valence-electron chi connectivity index (χ1n) is 10.3. The minimum absolute atomic E-state index is 0.150. The number of likely N-dealkylation sites (tertiary alicyclic amines) is 1. The maximum Gasteiger partial charge on any atom is 0.401 e. The van der Waals surface area contributed by atoms with Gasteiger partial charge in [0.1, 0.15) is 5.65 Å². The Kier molecular flexibility index (Phi) is 6.61. The zero-order chi connectivity index (χ0) is 22.7. The van der Waals surface area contributed by atoms with Crippen LogP contribution in [0.3, 0.4) is 0 Å². The van der Waals surface area contributed by atoms with E-state index in [1.165, 1.54) is 4.90 Å². The Hall–Kier alpha value is -2.72. The fraction of sp³-hybridized carbons (Fsp3) is 0.364. The molecule has 10 heteroatoms. The highest BCUT2D eigenvalue weighted by molar-refractivity contribution is 7.85. The third-order valence-corrected chi connectivity index (χ3v) is 7.31. The maximum atomic E-state index is 12.8. The average molecular weight is 465 g/mol. The smallest absolute Gasteiger partial charge is 0.348 e. The highest BCUT2D eigenvalue weighted by Gasteiger charge is 2.33. The van der Waals surface area contributed by atoms with Crippen molar-refractivity contribution in [3.63, 3.8) is 0 Å². The molecule has 3 aromatic rings. The van der Waals surface area contributed by atoms with Gasteiger partial charge in [-0.1, -0.05) is 12.1 Å². The number of amides is 1. The van der Waals surface area contributed by atoms with Crippen LogP contribution in [0.5, 0.6) is 0 Å². The number of hydrogen-bond acceptors (Lipinski definition) is 4. The SMILES string of the molecule is O=C(NCc1ccc(S(=O)C2CCN(CC(F)(F)F)CC2)cc1)c1ccc2nccn2c1. The van der Waals surface area contributed by atoms with Crippen LogP contribution in [0, 0.1) is 0 Å². The van der Waals surface area contributed by atoms with Gasteiger partial charge in [-0.2, -0.15) is 13.2 Å². The predicted octanol–water partition coefficient (Wildman–Crippen LogP) is 3.40. The number of carbonyl (C=O) groups is 1. The Morgan fingerprint density at radius 1 is 1.12 bits per heavy atom. The van der Waals surface area contributed by atoms with Crippen LogP contribution in [-0.2, 0) is 17.3 Å². The van der Waals surface area contributed by atoms with Crippen molar-refractivity contribution >= 4 is 22.4 Å². The lowest BCUT2D eigenvalue weighted by Gasteiger charge is -2.31. The second-order valence-corrected chi connectivity index (χ2v) is 9.56. The van der Waals surface area contributed by atoms with E-state index >= 15 is 0 Å². The third-order valence-electron chi connectivity index (χ3n) is 5.50. The molecular weight excluding hydrogens is 441 g/mol. The second kappa shape index (κ2) is 9.41. The van der Waals surface area contributed by atoms with Crippen LogP contribution in [0.4, 0.5) is 13.2 Å². The molecule has 4 rings (SSSR count). The summed E-state index contributed by atoms with van der Waals surface area (Å²) in [6, 6.07) is 10.6. The number of alkyl halides is 3. The minimum atomic E-state index is -4.20. The first-order chi connectivity index (χ1) is 15.3. The first-order valence-corrected chi connectivity index (χ1v) is 11.5. The van der Waals surface area contributed by atoms with E-state index in [0.29, 0.717) is 42.9 Å². The number of pyridine rings is 1. The number of fused-ring (bicyclic) bond motifs is 1. The largest absolute Gasteiger partial charge is 0.401 e. The van der Waals surface area contributed by atoms with Gasteiger partial charge in [0.2, 0.25) is 0 Å². The molecule has 3 heterocycles. The van der Waals surface area contributed by atoms with Crippen LogP contribution in [0.25, 0.3) is 5.65 Å². The maximum absolute atomic E-state index is 12.8. The Labute approximate surface area is 185 Å². The van der Waals surface area contributed by atoms with Crippen LogP contribution in [0.15, 0.2) is 59.9 Å². The van der Waals surface area contributed by atoms with Gasteiger partial charge < -0.3 is 9.72 Å². The van der Waals surface area contributed by atoms with E-state index in [2.05, 4.69) is 10.3 Å². The van der Waals surface area contributed by atoms with Crippen molar-refractivity contribution in [1.82, 2.24) is 19.6 Å². The lowest BCUT2D eigenvalue weighted by molar-refractivity contribution is -0.147. The van der Waals surface area contributed by atoms with Gasteiger partial charge in [0.25, 0.3) is 5.91 Å². The molecule has 2 aromatic heterocycles. The highest BCUT2D eigenvalue weighted by Crippen LogP contribution is 2.24. The molecule has 1 amide bonds. The zero-order valence-electron chi connectivity index (χ0n) is 17.2. The van der Waals surface area contributed by atoms with Crippen molar-refractivity contribution in [2.75, 3.05) is 19.6 Å². The molecule has 0 saturated carbocycles. The number of nitrogens with one attached hydrogen (secondary N) is 1. The molecule has 32 heavy (non-hydrogen) atoms. The van der Waals surface area contributed by atoms with Gasteiger partial charge in [0.05, 0.1) is 22.9 Å². The molecule has 0 bridgehead atoms. The van der Waals surface area contributed by atoms with Crippen molar-refractivity contribution < 1.29 is 22.2 Å². The normalized spacial score (nSPS) is 16.8. The summed E-state index contributed by atoms with van der Waals surface area (Å²) in [6.45, 7) is 0.00227. The molecule has 1 atom stereocenters. The van der Waals surface area contributed by atoms with Crippen molar-refractivity contribution in [1.29, 1.82) is 0 Å². The zero-order valence-corrected chi connectivity index (χ0v) is 18.0. The van der Waals surface area contributed by atoms with E-state index in [1.54, 1.807) is 47.3 Å². The van der Waals surface area contributed by atoms with E-state index in [0.717, 1.165) is 11.2 Å². The molecule has 1 fully saturated rings. The fourth-order valence-corrected chi connectivity index (χ4v) is 5.24. The van der Waals surface area contributed by atoms with Crippen molar-refractivity contribution in [3.8, 4) is 0 Å². The van der Waals surface area contributed by atoms with E-state index < -0.39 is 23.5 Å². The summed E-state index contributed by atoms with van der Waals surface area (Å²) < 4.78 is 52.2. The number of nitrogens with zero attached hydrogens (tertiary/aromatic N) is 3. The molecule has 1 saturated heterocycles. The molecule has 170 valence electrons. The second-order valence-electron chi connectivity index (χ2n) is 7.83. The number of hydrogen-bond donors (Lipinski definition) is 1. The predicted molar refractivity (Wildman–Crippen MR) is 115 cm³/mol. The molecule has 0 spiro atoms. The summed E-state index contributed by atoms with van der Waals surface area (Å²) >= 11 is 0. The number of rotatable bonds is 6. The number of halogens is 3. The molecule has 0 aliphatic carbocycles. The van der Waals surface area contributed by atoms with E-state index in [-0.39, 0.29) is 11.2 Å². The summed E-state index contributed by atoms with van der Waals surface area (Å²) in [5, 5.41) is 2.71. The Bertz CT molecular complexity index is 1110. The summed E-state index contributed by atoms with van der Waals surface area (Å²) in [5.74, 6) is -0.209. The van der Waals surface area contributed by atoms with Crippen molar-refractivity contribution in [3.05, 3.63) is 66.1 Å².